The van der Waals surface area contributed by atoms with Crippen LogP contribution >= 0.6 is 0 Å². The number of nitrogens with zero attached hydrogens (tertiary/aromatic N) is 3. The van der Waals surface area contributed by atoms with Gasteiger partial charge in [-0.25, -0.2) is 0 Å². The summed E-state index contributed by atoms with van der Waals surface area (Å²) in [6, 6.07) is 10.9. The van der Waals surface area contributed by atoms with Crippen LogP contribution in [0.1, 0.15) is 38.8 Å². The van der Waals surface area contributed by atoms with E-state index in [9.17, 15) is 9.59 Å². The molecule has 0 fully saturated rings. The van der Waals surface area contributed by atoms with Crippen molar-refractivity contribution in [1.82, 2.24) is 4.90 Å². The molecule has 0 unspecified atom stereocenters. The molecule has 2 aromatic carbocycles. The van der Waals surface area contributed by atoms with Gasteiger partial charge in [0.25, 0.3) is 11.8 Å². The highest BCUT2D eigenvalue weighted by atomic mass is 16.2. The van der Waals surface area contributed by atoms with Crippen LogP contribution in [0.15, 0.2) is 46.4 Å². The molecule has 0 aliphatic carbocycles. The first-order chi connectivity index (χ1) is 12.1. The zero-order valence-corrected chi connectivity index (χ0v) is 14.1. The first kappa shape index (κ1) is 16.5. The lowest BCUT2D eigenvalue weighted by molar-refractivity contribution is 0.0693. The number of carbonyl (C=O) groups excluding carboxylic acids is 2. The molecule has 0 spiro atoms. The van der Waals surface area contributed by atoms with E-state index in [-0.39, 0.29) is 11.8 Å². The van der Waals surface area contributed by atoms with Crippen LogP contribution in [0.25, 0.3) is 12.2 Å². The molecule has 0 radical (unpaired) electrons. The quantitative estimate of drug-likeness (QED) is 0.480. The minimum atomic E-state index is -0.274. The van der Waals surface area contributed by atoms with Crippen LogP contribution in [0.3, 0.4) is 0 Å². The van der Waals surface area contributed by atoms with Gasteiger partial charge in [-0.1, -0.05) is 30.4 Å². The average Bonchev–Trinajstić information content (AvgIpc) is 2.85. The van der Waals surface area contributed by atoms with Gasteiger partial charge in [0.15, 0.2) is 0 Å². The third-order valence-corrected chi connectivity index (χ3v) is 4.04. The van der Waals surface area contributed by atoms with Gasteiger partial charge in [0.1, 0.15) is 0 Å². The van der Waals surface area contributed by atoms with Crippen LogP contribution in [0, 0.1) is 0 Å². The Balaban J connectivity index is 1.98. The van der Waals surface area contributed by atoms with Gasteiger partial charge >= 0.3 is 0 Å². The van der Waals surface area contributed by atoms with Crippen LogP contribution in [-0.2, 0) is 0 Å². The fraction of sp³-hybridized carbons (Fsp3) is 0.100. The molecule has 124 valence electrons. The van der Waals surface area contributed by atoms with Gasteiger partial charge in [-0.05, 0) is 37.4 Å². The summed E-state index contributed by atoms with van der Waals surface area (Å²) in [5.41, 5.74) is 4.04. The predicted molar refractivity (Wildman–Crippen MR) is 101 cm³/mol. The average molecular weight is 331 g/mol. The summed E-state index contributed by atoms with van der Waals surface area (Å²) in [6.07, 6.45) is 5.49. The molecule has 2 aromatic rings. The Bertz CT molecular complexity index is 942. The number of amides is 2. The minimum Gasteiger partial charge on any atom is -0.277 e. The molecule has 25 heavy (non-hydrogen) atoms. The Morgan fingerprint density at radius 2 is 1.80 bits per heavy atom. The summed E-state index contributed by atoms with van der Waals surface area (Å²) in [5, 5.41) is 0. The molecule has 1 heterocycles. The zero-order valence-electron chi connectivity index (χ0n) is 14.1. The van der Waals surface area contributed by atoms with Crippen molar-refractivity contribution in [2.75, 3.05) is 7.05 Å². The lowest BCUT2D eigenvalue weighted by Gasteiger charge is -2.04. The summed E-state index contributed by atoms with van der Waals surface area (Å²) in [6.45, 7) is 5.41. The number of aliphatic imine (C=N–C) groups is 2. The normalized spacial score (nSPS) is 13.9. The largest absolute Gasteiger partial charge is 0.277 e. The van der Waals surface area contributed by atoms with E-state index < -0.39 is 0 Å². The van der Waals surface area contributed by atoms with E-state index in [0.29, 0.717) is 16.8 Å². The number of fused-ring (bicyclic) bond motifs is 1. The summed E-state index contributed by atoms with van der Waals surface area (Å²) < 4.78 is 0. The number of benzene rings is 2. The second-order valence-corrected chi connectivity index (χ2v) is 5.57. The summed E-state index contributed by atoms with van der Waals surface area (Å²) in [4.78, 5) is 33.5. The van der Waals surface area contributed by atoms with Gasteiger partial charge in [0.2, 0.25) is 0 Å². The van der Waals surface area contributed by atoms with Crippen LogP contribution in [0.2, 0.25) is 0 Å². The molecule has 3 rings (SSSR count). The van der Waals surface area contributed by atoms with Crippen molar-refractivity contribution in [3.05, 3.63) is 58.7 Å². The predicted octanol–water partition coefficient (Wildman–Crippen LogP) is 4.14. The molecule has 1 aliphatic heterocycles. The fourth-order valence-corrected chi connectivity index (χ4v) is 2.75. The summed E-state index contributed by atoms with van der Waals surface area (Å²) in [7, 11) is 1.49. The number of hydrogen-bond donors (Lipinski definition) is 0. The number of rotatable bonds is 4. The molecule has 0 bridgehead atoms. The van der Waals surface area contributed by atoms with E-state index in [0.717, 1.165) is 21.7 Å². The number of carbonyl (C=O) groups is 2. The van der Waals surface area contributed by atoms with E-state index in [1.807, 2.05) is 43.3 Å². The minimum absolute atomic E-state index is 0.264. The Morgan fingerprint density at radius 3 is 2.52 bits per heavy atom. The molecule has 1 aliphatic rings. The van der Waals surface area contributed by atoms with Crippen molar-refractivity contribution < 1.29 is 9.59 Å². The lowest BCUT2D eigenvalue weighted by Crippen LogP contribution is -2.24. The summed E-state index contributed by atoms with van der Waals surface area (Å²) in [5.74, 6) is -0.538. The first-order valence-electron chi connectivity index (χ1n) is 7.79. The van der Waals surface area contributed by atoms with Gasteiger partial charge < -0.3 is 0 Å². The third-order valence-electron chi connectivity index (χ3n) is 4.04. The van der Waals surface area contributed by atoms with E-state index in [1.54, 1.807) is 18.3 Å². The molecule has 0 N–H and O–H groups in total. The van der Waals surface area contributed by atoms with Crippen LogP contribution in [-0.4, -0.2) is 36.7 Å². The number of para-hydroxylation sites is 1. The van der Waals surface area contributed by atoms with Crippen molar-refractivity contribution in [2.45, 2.75) is 6.92 Å². The van der Waals surface area contributed by atoms with E-state index in [2.05, 4.69) is 16.7 Å². The van der Waals surface area contributed by atoms with Crippen LogP contribution in [0.4, 0.5) is 11.4 Å². The topological polar surface area (TPSA) is 62.1 Å². The molecule has 5 heteroatoms. The third kappa shape index (κ3) is 2.92. The Kier molecular flexibility index (Phi) is 4.39. The lowest BCUT2D eigenvalue weighted by atomic mass is 10.0. The van der Waals surface area contributed by atoms with E-state index in [1.165, 1.54) is 7.05 Å². The number of hydrogen-bond acceptors (Lipinski definition) is 4. The van der Waals surface area contributed by atoms with E-state index in [4.69, 9.17) is 0 Å². The maximum absolute atomic E-state index is 12.1. The Labute approximate surface area is 146 Å². The van der Waals surface area contributed by atoms with Crippen molar-refractivity contribution in [1.29, 1.82) is 0 Å². The van der Waals surface area contributed by atoms with Crippen molar-refractivity contribution in [3.63, 3.8) is 0 Å². The standard InChI is InChI=1S/C20H17N3O2/c1-4-22-18-14(6-5-7-17(18)21-2)10-8-13-9-11-15-16(12-13)20(25)23(3)19(15)24/h4-12H,2H2,1,3H3/b10-8+,22-4?. The maximum atomic E-state index is 12.1. The molecule has 5 nitrogen and oxygen atoms in total. The van der Waals surface area contributed by atoms with Gasteiger partial charge in [-0.15, -0.1) is 0 Å². The second kappa shape index (κ2) is 6.65. The molecule has 2 amide bonds. The zero-order chi connectivity index (χ0) is 18.0. The molecule has 0 saturated carbocycles. The fourth-order valence-electron chi connectivity index (χ4n) is 2.75. The molecular formula is C20H17N3O2. The Hall–Kier alpha value is -3.34. The maximum Gasteiger partial charge on any atom is 0.261 e. The highest BCUT2D eigenvalue weighted by molar-refractivity contribution is 6.21. The summed E-state index contributed by atoms with van der Waals surface area (Å²) >= 11 is 0. The van der Waals surface area contributed by atoms with Crippen molar-refractivity contribution >= 4 is 48.3 Å². The van der Waals surface area contributed by atoms with Crippen LogP contribution < -0.4 is 0 Å². The highest BCUT2D eigenvalue weighted by Crippen LogP contribution is 2.32. The second-order valence-electron chi connectivity index (χ2n) is 5.57. The molecule has 0 saturated heterocycles. The van der Waals surface area contributed by atoms with Crippen molar-refractivity contribution in [3.8, 4) is 0 Å². The smallest absolute Gasteiger partial charge is 0.261 e. The molecule has 0 aromatic heterocycles. The number of imide groups is 1. The van der Waals surface area contributed by atoms with Gasteiger partial charge in [-0.2, -0.15) is 0 Å². The van der Waals surface area contributed by atoms with Gasteiger partial charge in [0, 0.05) is 18.8 Å². The highest BCUT2D eigenvalue weighted by Gasteiger charge is 2.32. The monoisotopic (exact) mass is 331 g/mol. The Morgan fingerprint density at radius 1 is 1.04 bits per heavy atom. The van der Waals surface area contributed by atoms with Gasteiger partial charge in [0.05, 0.1) is 22.5 Å². The van der Waals surface area contributed by atoms with E-state index >= 15 is 0 Å². The SMILES string of the molecule is C=Nc1cccc(/C=C/c2ccc3c(c2)C(=O)N(C)C3=O)c1N=CC. The van der Waals surface area contributed by atoms with Crippen molar-refractivity contribution in [2.24, 2.45) is 9.98 Å². The molecular weight excluding hydrogens is 314 g/mol. The molecule has 0 atom stereocenters. The van der Waals surface area contributed by atoms with Crippen LogP contribution in [0.5, 0.6) is 0 Å². The van der Waals surface area contributed by atoms with Gasteiger partial charge in [-0.3, -0.25) is 24.5 Å². The first-order valence-corrected chi connectivity index (χ1v) is 7.79.